The van der Waals surface area contributed by atoms with Crippen molar-refractivity contribution in [2.24, 2.45) is 0 Å². The number of hydrogen-bond acceptors (Lipinski definition) is 4. The number of nitrogens with one attached hydrogen (secondary N) is 1. The average molecular weight is 750 g/mol. The lowest BCUT2D eigenvalue weighted by Gasteiger charge is -2.39. The van der Waals surface area contributed by atoms with Gasteiger partial charge in [-0.2, -0.15) is 0 Å². The minimum atomic E-state index is -0.873. The van der Waals surface area contributed by atoms with Crippen molar-refractivity contribution < 1.29 is 14.4 Å². The summed E-state index contributed by atoms with van der Waals surface area (Å²) < 4.78 is 0.876. The van der Waals surface area contributed by atoms with Gasteiger partial charge in [0.25, 0.3) is 0 Å². The Balaban J connectivity index is 1.19. The lowest BCUT2D eigenvalue weighted by atomic mass is 9.94. The van der Waals surface area contributed by atoms with E-state index < -0.39 is 6.04 Å². The molecule has 1 heterocycles. The SMILES string of the molecule is O=C(NC1CCCCC1)C(c1ccccc1)N(C(=O)CCC(=O)N(c1ccccc1)C1CCN(CCc2ccccc2)CC1)c1ccc(Br)cc1. The lowest BCUT2D eigenvalue weighted by molar-refractivity contribution is -0.128. The van der Waals surface area contributed by atoms with Crippen LogP contribution in [0.15, 0.2) is 120 Å². The van der Waals surface area contributed by atoms with E-state index >= 15 is 0 Å². The highest BCUT2D eigenvalue weighted by Gasteiger charge is 2.35. The second kappa shape index (κ2) is 18.3. The number of halogens is 1. The maximum Gasteiger partial charge on any atom is 0.248 e. The number of likely N-dealkylation sites (tertiary alicyclic amines) is 1. The topological polar surface area (TPSA) is 73.0 Å². The standard InChI is InChI=1S/C43H49BrN4O3/c44-35-21-23-38(24-22-35)48(42(34-15-7-2-8-16-34)43(51)45-36-17-9-3-10-18-36)41(50)26-25-40(49)47(37-19-11-4-12-20-37)39-28-31-46(32-29-39)30-27-33-13-5-1-6-14-33/h1-2,4-8,11-16,19-24,36,39,42H,3,9-10,17-18,25-32H2,(H,45,51). The molecule has 2 aliphatic rings. The van der Waals surface area contributed by atoms with Crippen LogP contribution < -0.4 is 15.1 Å². The Kier molecular flexibility index (Phi) is 13.1. The Morgan fingerprint density at radius 2 is 1.27 bits per heavy atom. The summed E-state index contributed by atoms with van der Waals surface area (Å²) in [6, 6.07) is 36.7. The first-order chi connectivity index (χ1) is 25.0. The summed E-state index contributed by atoms with van der Waals surface area (Å²) in [7, 11) is 0. The van der Waals surface area contributed by atoms with Gasteiger partial charge < -0.3 is 15.1 Å². The summed E-state index contributed by atoms with van der Waals surface area (Å²) in [5, 5.41) is 3.28. The van der Waals surface area contributed by atoms with Gasteiger partial charge >= 0.3 is 0 Å². The van der Waals surface area contributed by atoms with Crippen molar-refractivity contribution in [2.45, 2.75) is 82.3 Å². The molecule has 1 saturated carbocycles. The highest BCUT2D eigenvalue weighted by Crippen LogP contribution is 2.32. The maximum absolute atomic E-state index is 14.5. The van der Waals surface area contributed by atoms with Crippen LogP contribution in [0, 0.1) is 0 Å². The van der Waals surface area contributed by atoms with Gasteiger partial charge in [-0.15, -0.1) is 0 Å². The number of carbonyl (C=O) groups excluding carboxylic acids is 3. The Morgan fingerprint density at radius 3 is 1.92 bits per heavy atom. The molecule has 1 aliphatic heterocycles. The number of para-hydroxylation sites is 1. The molecule has 2 fully saturated rings. The van der Waals surface area contributed by atoms with Gasteiger partial charge in [0.1, 0.15) is 6.04 Å². The van der Waals surface area contributed by atoms with Crippen LogP contribution in [0.25, 0.3) is 0 Å². The molecule has 3 amide bonds. The molecule has 0 aromatic heterocycles. The van der Waals surface area contributed by atoms with E-state index in [1.165, 1.54) is 12.0 Å². The molecular weight excluding hydrogens is 700 g/mol. The molecule has 0 radical (unpaired) electrons. The van der Waals surface area contributed by atoms with Gasteiger partial charge in [-0.25, -0.2) is 0 Å². The van der Waals surface area contributed by atoms with Crippen LogP contribution in [0.2, 0.25) is 0 Å². The monoisotopic (exact) mass is 748 g/mol. The number of nitrogens with zero attached hydrogens (tertiary/aromatic N) is 3. The summed E-state index contributed by atoms with van der Waals surface area (Å²) in [6.07, 6.45) is 8.00. The minimum Gasteiger partial charge on any atom is -0.351 e. The fourth-order valence-electron chi connectivity index (χ4n) is 7.55. The summed E-state index contributed by atoms with van der Waals surface area (Å²) in [6.45, 7) is 2.83. The van der Waals surface area contributed by atoms with Crippen molar-refractivity contribution in [3.8, 4) is 0 Å². The number of rotatable bonds is 13. The predicted molar refractivity (Wildman–Crippen MR) is 209 cm³/mol. The molecule has 51 heavy (non-hydrogen) atoms. The number of anilines is 2. The maximum atomic E-state index is 14.5. The zero-order chi connectivity index (χ0) is 35.4. The van der Waals surface area contributed by atoms with Crippen LogP contribution in [0.5, 0.6) is 0 Å². The van der Waals surface area contributed by atoms with Crippen molar-refractivity contribution in [2.75, 3.05) is 29.4 Å². The molecule has 0 spiro atoms. The number of amides is 3. The van der Waals surface area contributed by atoms with Gasteiger partial charge in [-0.3, -0.25) is 19.3 Å². The summed E-state index contributed by atoms with van der Waals surface area (Å²) >= 11 is 3.52. The van der Waals surface area contributed by atoms with Crippen LogP contribution in [-0.2, 0) is 20.8 Å². The third-order valence-electron chi connectivity index (χ3n) is 10.3. The molecule has 7 nitrogen and oxygen atoms in total. The lowest BCUT2D eigenvalue weighted by Crippen LogP contribution is -2.49. The third-order valence-corrected chi connectivity index (χ3v) is 10.8. The Morgan fingerprint density at radius 1 is 0.686 bits per heavy atom. The number of benzene rings is 4. The van der Waals surface area contributed by atoms with Crippen LogP contribution in [0.1, 0.15) is 75.0 Å². The van der Waals surface area contributed by atoms with E-state index in [-0.39, 0.29) is 42.6 Å². The van der Waals surface area contributed by atoms with Gasteiger partial charge in [-0.1, -0.05) is 114 Å². The molecule has 6 rings (SSSR count). The highest BCUT2D eigenvalue weighted by molar-refractivity contribution is 9.10. The van der Waals surface area contributed by atoms with Crippen LogP contribution in [0.4, 0.5) is 11.4 Å². The van der Waals surface area contributed by atoms with Crippen LogP contribution in [0.3, 0.4) is 0 Å². The molecule has 8 heteroatoms. The predicted octanol–water partition coefficient (Wildman–Crippen LogP) is 8.49. The van der Waals surface area contributed by atoms with E-state index in [9.17, 15) is 14.4 Å². The van der Waals surface area contributed by atoms with E-state index in [4.69, 9.17) is 0 Å². The van der Waals surface area contributed by atoms with Crippen molar-refractivity contribution in [1.82, 2.24) is 10.2 Å². The number of hydrogen-bond donors (Lipinski definition) is 1. The first kappa shape index (κ1) is 36.5. The quantitative estimate of drug-likeness (QED) is 0.149. The average Bonchev–Trinajstić information content (AvgIpc) is 3.18. The van der Waals surface area contributed by atoms with E-state index in [2.05, 4.69) is 50.4 Å². The molecule has 4 aromatic rings. The van der Waals surface area contributed by atoms with Crippen molar-refractivity contribution in [3.63, 3.8) is 0 Å². The Hall–Kier alpha value is -4.27. The second-order valence-electron chi connectivity index (χ2n) is 13.8. The number of piperidine rings is 1. The van der Waals surface area contributed by atoms with Crippen LogP contribution >= 0.6 is 15.9 Å². The number of carbonyl (C=O) groups is 3. The molecule has 266 valence electrons. The molecular formula is C43H49BrN4O3. The molecule has 1 N–H and O–H groups in total. The first-order valence-corrected chi connectivity index (χ1v) is 19.3. The van der Waals surface area contributed by atoms with E-state index in [1.54, 1.807) is 4.90 Å². The molecule has 1 unspecified atom stereocenters. The van der Waals surface area contributed by atoms with Crippen molar-refractivity contribution >= 4 is 45.0 Å². The zero-order valence-electron chi connectivity index (χ0n) is 29.3. The van der Waals surface area contributed by atoms with Gasteiger partial charge in [0.15, 0.2) is 0 Å². The van der Waals surface area contributed by atoms with E-state index in [0.717, 1.165) is 80.3 Å². The molecule has 1 aliphatic carbocycles. The molecule has 1 saturated heterocycles. The Bertz CT molecular complexity index is 1690. The molecule has 4 aromatic carbocycles. The van der Waals surface area contributed by atoms with Gasteiger partial charge in [0.05, 0.1) is 0 Å². The first-order valence-electron chi connectivity index (χ1n) is 18.5. The molecule has 0 bridgehead atoms. The van der Waals surface area contributed by atoms with Gasteiger partial charge in [-0.05, 0) is 79.6 Å². The fourth-order valence-corrected chi connectivity index (χ4v) is 7.82. The highest BCUT2D eigenvalue weighted by atomic mass is 79.9. The summed E-state index contributed by atoms with van der Waals surface area (Å²) in [5.74, 6) is -0.529. The fraction of sp³-hybridized carbons (Fsp3) is 0.372. The normalized spacial score (nSPS) is 16.3. The van der Waals surface area contributed by atoms with Crippen LogP contribution in [-0.4, -0.2) is 54.3 Å². The third kappa shape index (κ3) is 9.95. The Labute approximate surface area is 311 Å². The van der Waals surface area contributed by atoms with Gasteiger partial charge in [0.2, 0.25) is 17.7 Å². The second-order valence-corrected chi connectivity index (χ2v) is 14.7. The zero-order valence-corrected chi connectivity index (χ0v) is 30.9. The van der Waals surface area contributed by atoms with E-state index in [0.29, 0.717) is 5.69 Å². The van der Waals surface area contributed by atoms with Gasteiger partial charge in [0, 0.05) is 60.4 Å². The van der Waals surface area contributed by atoms with E-state index in [1.807, 2.05) is 95.9 Å². The smallest absolute Gasteiger partial charge is 0.248 e. The molecule has 1 atom stereocenters. The van der Waals surface area contributed by atoms with Crippen molar-refractivity contribution in [3.05, 3.63) is 131 Å². The largest absolute Gasteiger partial charge is 0.351 e. The minimum absolute atomic E-state index is 0.0196. The van der Waals surface area contributed by atoms with Crippen molar-refractivity contribution in [1.29, 1.82) is 0 Å². The summed E-state index contributed by atoms with van der Waals surface area (Å²) in [4.78, 5) is 48.9. The summed E-state index contributed by atoms with van der Waals surface area (Å²) in [5.41, 5.74) is 3.55.